The monoisotopic (exact) mass is 412 g/mol. The first-order valence-corrected chi connectivity index (χ1v) is 10.3. The number of benzene rings is 3. The number of hydrogen-bond donors (Lipinski definition) is 1. The summed E-state index contributed by atoms with van der Waals surface area (Å²) in [6, 6.07) is 20.2. The van der Waals surface area contributed by atoms with E-state index in [2.05, 4.69) is 51.1 Å². The Morgan fingerprint density at radius 1 is 0.962 bits per heavy atom. The maximum atomic E-state index is 10.7. The molecule has 26 heavy (non-hydrogen) atoms. The van der Waals surface area contributed by atoms with Gasteiger partial charge in [-0.3, -0.25) is 0 Å². The third-order valence-corrected chi connectivity index (χ3v) is 6.21. The standard InChI is InChI=1S/C23H24O2Se/c1-23(2,3)15-21(26-18-12-10-17(25-4)11-13-18)22-19-8-6-5-7-16(19)9-14-20(22)24/h5-15,24H,1-4H3/b21-15+. The summed E-state index contributed by atoms with van der Waals surface area (Å²) < 4.78 is 7.72. The van der Waals surface area contributed by atoms with Gasteiger partial charge >= 0.3 is 162 Å². The molecule has 0 aromatic heterocycles. The molecule has 0 saturated carbocycles. The van der Waals surface area contributed by atoms with Gasteiger partial charge in [-0.25, -0.2) is 0 Å². The van der Waals surface area contributed by atoms with Crippen LogP contribution in [0.25, 0.3) is 15.2 Å². The van der Waals surface area contributed by atoms with E-state index in [1.807, 2.05) is 30.3 Å². The average Bonchev–Trinajstić information content (AvgIpc) is 2.60. The van der Waals surface area contributed by atoms with E-state index in [1.165, 1.54) is 8.93 Å². The van der Waals surface area contributed by atoms with Crippen LogP contribution in [-0.4, -0.2) is 27.2 Å². The first-order chi connectivity index (χ1) is 12.4. The summed E-state index contributed by atoms with van der Waals surface area (Å²) in [5.41, 5.74) is 0.973. The Morgan fingerprint density at radius 3 is 2.31 bits per heavy atom. The van der Waals surface area contributed by atoms with Crippen LogP contribution in [0.15, 0.2) is 66.7 Å². The third-order valence-electron chi connectivity index (χ3n) is 4.00. The zero-order valence-corrected chi connectivity index (χ0v) is 17.3. The van der Waals surface area contributed by atoms with E-state index >= 15 is 0 Å². The molecule has 0 saturated heterocycles. The zero-order valence-electron chi connectivity index (χ0n) is 15.6. The third kappa shape index (κ3) is 4.30. The number of allylic oxidation sites excluding steroid dienone is 1. The molecule has 1 N–H and O–H groups in total. The van der Waals surface area contributed by atoms with Gasteiger partial charge in [0.05, 0.1) is 0 Å². The maximum absolute atomic E-state index is 10.7. The van der Waals surface area contributed by atoms with Gasteiger partial charge in [-0.15, -0.1) is 0 Å². The molecule has 3 aromatic carbocycles. The molecule has 0 bridgehead atoms. The number of hydrogen-bond acceptors (Lipinski definition) is 2. The summed E-state index contributed by atoms with van der Waals surface area (Å²) in [5.74, 6) is 1.20. The van der Waals surface area contributed by atoms with Crippen LogP contribution < -0.4 is 9.20 Å². The van der Waals surface area contributed by atoms with E-state index in [9.17, 15) is 5.11 Å². The molecule has 134 valence electrons. The molecule has 0 amide bonds. The van der Waals surface area contributed by atoms with E-state index in [4.69, 9.17) is 4.74 Å². The normalized spacial score (nSPS) is 12.4. The fourth-order valence-corrected chi connectivity index (χ4v) is 5.47. The molecular formula is C23H24O2Se. The Balaban J connectivity index is 2.13. The summed E-state index contributed by atoms with van der Waals surface area (Å²) in [4.78, 5) is 0. The SMILES string of the molecule is COc1ccc([Se]/C(=C/C(C)(C)C)c2c(O)ccc3ccccc23)cc1. The van der Waals surface area contributed by atoms with Crippen LogP contribution in [0.2, 0.25) is 0 Å². The second-order valence-electron chi connectivity index (χ2n) is 7.33. The number of methoxy groups -OCH3 is 1. The molecule has 0 spiro atoms. The van der Waals surface area contributed by atoms with E-state index in [0.717, 1.165) is 22.1 Å². The van der Waals surface area contributed by atoms with Crippen molar-refractivity contribution >= 4 is 34.7 Å². The molecule has 0 unspecified atom stereocenters. The Kier molecular flexibility index (Phi) is 5.41. The van der Waals surface area contributed by atoms with E-state index in [0.29, 0.717) is 5.75 Å². The van der Waals surface area contributed by atoms with Crippen molar-refractivity contribution in [1.82, 2.24) is 0 Å². The number of phenols is 1. The Bertz CT molecular complexity index is 935. The van der Waals surface area contributed by atoms with Crippen molar-refractivity contribution in [2.24, 2.45) is 5.41 Å². The van der Waals surface area contributed by atoms with Gasteiger partial charge in [0.1, 0.15) is 0 Å². The second kappa shape index (κ2) is 7.57. The van der Waals surface area contributed by atoms with Crippen molar-refractivity contribution in [2.75, 3.05) is 7.11 Å². The summed E-state index contributed by atoms with van der Waals surface area (Å²) in [7, 11) is 1.68. The summed E-state index contributed by atoms with van der Waals surface area (Å²) in [5, 5.41) is 12.9. The van der Waals surface area contributed by atoms with E-state index in [1.54, 1.807) is 13.2 Å². The van der Waals surface area contributed by atoms with Crippen LogP contribution in [0.3, 0.4) is 0 Å². The van der Waals surface area contributed by atoms with Gasteiger partial charge in [0.15, 0.2) is 0 Å². The summed E-state index contributed by atoms with van der Waals surface area (Å²) in [6.07, 6.45) is 2.29. The number of phenolic OH excluding ortho intramolecular Hbond substituents is 1. The van der Waals surface area contributed by atoms with Crippen molar-refractivity contribution in [3.8, 4) is 11.5 Å². The second-order valence-corrected chi connectivity index (χ2v) is 9.67. The molecule has 3 rings (SSSR count). The minimum absolute atomic E-state index is 0.0208. The van der Waals surface area contributed by atoms with Crippen LogP contribution >= 0.6 is 0 Å². The summed E-state index contributed by atoms with van der Waals surface area (Å²) in [6.45, 7) is 6.58. The molecule has 3 aromatic rings. The van der Waals surface area contributed by atoms with Gasteiger partial charge in [-0.2, -0.15) is 0 Å². The van der Waals surface area contributed by atoms with Crippen LogP contribution in [0.5, 0.6) is 11.5 Å². The van der Waals surface area contributed by atoms with Gasteiger partial charge in [0.2, 0.25) is 0 Å². The van der Waals surface area contributed by atoms with Crippen LogP contribution in [0, 0.1) is 5.41 Å². The quantitative estimate of drug-likeness (QED) is 0.615. The Morgan fingerprint density at radius 2 is 1.65 bits per heavy atom. The van der Waals surface area contributed by atoms with Gasteiger partial charge in [0, 0.05) is 0 Å². The van der Waals surface area contributed by atoms with Crippen LogP contribution in [0.4, 0.5) is 0 Å². The molecule has 0 aliphatic carbocycles. The van der Waals surface area contributed by atoms with Crippen molar-refractivity contribution < 1.29 is 9.84 Å². The zero-order chi connectivity index (χ0) is 18.7. The van der Waals surface area contributed by atoms with Crippen molar-refractivity contribution in [3.05, 3.63) is 72.3 Å². The van der Waals surface area contributed by atoms with Crippen LogP contribution in [-0.2, 0) is 0 Å². The fourth-order valence-electron chi connectivity index (χ4n) is 2.84. The van der Waals surface area contributed by atoms with Crippen molar-refractivity contribution in [3.63, 3.8) is 0 Å². The van der Waals surface area contributed by atoms with Gasteiger partial charge < -0.3 is 0 Å². The molecule has 2 nitrogen and oxygen atoms in total. The number of ether oxygens (including phenoxy) is 1. The van der Waals surface area contributed by atoms with Crippen molar-refractivity contribution in [2.45, 2.75) is 20.8 Å². The number of rotatable bonds is 4. The topological polar surface area (TPSA) is 29.5 Å². The molecular weight excluding hydrogens is 387 g/mol. The first-order valence-electron chi connectivity index (χ1n) is 8.63. The minimum atomic E-state index is 0.0208. The van der Waals surface area contributed by atoms with E-state index < -0.39 is 0 Å². The molecule has 0 fully saturated rings. The van der Waals surface area contributed by atoms with Gasteiger partial charge in [0.25, 0.3) is 0 Å². The van der Waals surface area contributed by atoms with Crippen LogP contribution in [0.1, 0.15) is 26.3 Å². The molecule has 0 aliphatic heterocycles. The Hall–Kier alpha value is -2.22. The predicted octanol–water partition coefficient (Wildman–Crippen LogP) is 4.97. The molecule has 0 aliphatic rings. The molecule has 0 radical (unpaired) electrons. The number of fused-ring (bicyclic) bond motifs is 1. The summed E-state index contributed by atoms with van der Waals surface area (Å²) >= 11 is 0.0706. The molecule has 3 heteroatoms. The predicted molar refractivity (Wildman–Crippen MR) is 111 cm³/mol. The van der Waals surface area contributed by atoms with E-state index in [-0.39, 0.29) is 20.4 Å². The molecule has 0 atom stereocenters. The molecule has 0 heterocycles. The fraction of sp³-hybridized carbons (Fsp3) is 0.217. The number of aromatic hydroxyl groups is 1. The Labute approximate surface area is 161 Å². The van der Waals surface area contributed by atoms with Gasteiger partial charge in [-0.05, 0) is 0 Å². The van der Waals surface area contributed by atoms with Crippen molar-refractivity contribution in [1.29, 1.82) is 0 Å². The average molecular weight is 411 g/mol. The first kappa shape index (κ1) is 18.6. The van der Waals surface area contributed by atoms with Gasteiger partial charge in [-0.1, -0.05) is 0 Å².